The first kappa shape index (κ1) is 23.1. The van der Waals surface area contributed by atoms with Crippen LogP contribution in [0, 0.1) is 12.8 Å². The first-order chi connectivity index (χ1) is 15.5. The fourth-order valence-electron chi connectivity index (χ4n) is 4.07. The van der Waals surface area contributed by atoms with Gasteiger partial charge in [0.15, 0.2) is 0 Å². The van der Waals surface area contributed by atoms with Crippen LogP contribution >= 0.6 is 11.3 Å². The summed E-state index contributed by atoms with van der Waals surface area (Å²) in [5.74, 6) is -1.15. The van der Waals surface area contributed by atoms with Crippen LogP contribution in [0.15, 0.2) is 36.7 Å². The number of hydrogen-bond donors (Lipinski definition) is 3. The molecule has 7 nitrogen and oxygen atoms in total. The van der Waals surface area contributed by atoms with Crippen LogP contribution in [-0.2, 0) is 16.6 Å². The molecule has 33 heavy (non-hydrogen) atoms. The lowest BCUT2D eigenvalue weighted by Crippen LogP contribution is -2.21. The molecule has 2 heterocycles. The molecule has 1 aliphatic rings. The molecule has 0 aliphatic heterocycles. The normalized spacial score (nSPS) is 20.7. The Morgan fingerprint density at radius 2 is 2.09 bits per heavy atom. The van der Waals surface area contributed by atoms with Gasteiger partial charge in [-0.05, 0) is 61.4 Å². The lowest BCUT2D eigenvalue weighted by atomic mass is 9.99. The highest BCUT2D eigenvalue weighted by Crippen LogP contribution is 2.46. The molecule has 1 fully saturated rings. The van der Waals surface area contributed by atoms with E-state index in [2.05, 4.69) is 20.3 Å². The predicted molar refractivity (Wildman–Crippen MR) is 116 cm³/mol. The highest BCUT2D eigenvalue weighted by Gasteiger charge is 2.41. The maximum absolute atomic E-state index is 12.9. The van der Waals surface area contributed by atoms with E-state index in [0.717, 1.165) is 28.3 Å². The Kier molecular flexibility index (Phi) is 6.10. The molecule has 0 spiro atoms. The number of aromatic nitrogens is 3. The summed E-state index contributed by atoms with van der Waals surface area (Å²) in [5, 5.41) is 23.4. The van der Waals surface area contributed by atoms with Crippen molar-refractivity contribution >= 4 is 28.9 Å². The van der Waals surface area contributed by atoms with E-state index in [1.54, 1.807) is 18.3 Å². The molecule has 2 atom stereocenters. The van der Waals surface area contributed by atoms with Crippen molar-refractivity contribution in [3.63, 3.8) is 0 Å². The highest BCUT2D eigenvalue weighted by atomic mass is 32.1. The third-order valence-corrected chi connectivity index (χ3v) is 6.76. The molecule has 11 heteroatoms. The van der Waals surface area contributed by atoms with Crippen LogP contribution < -0.4 is 5.32 Å². The zero-order chi connectivity index (χ0) is 23.8. The van der Waals surface area contributed by atoms with Crippen LogP contribution in [0.2, 0.25) is 0 Å². The van der Waals surface area contributed by atoms with Gasteiger partial charge in [0.2, 0.25) is 5.95 Å². The molecule has 4 rings (SSSR count). The van der Waals surface area contributed by atoms with Gasteiger partial charge in [-0.2, -0.15) is 13.2 Å². The standard InChI is InChI=1S/C22H21F3N4O3S/c1-12-6-14(9-15(7-12)28-20-26-5-3-17(29-20)22(23,24)25)16-11-27-19(33-16)21(32)4-2-13(10-21)8-18(30)31/h3,5-7,9,11,13,32H,2,4,8,10H2,1H3,(H,30,31)(H,26,28,29)/t13-,21+/m0/s1. The fourth-order valence-corrected chi connectivity index (χ4v) is 5.10. The Morgan fingerprint density at radius 3 is 2.82 bits per heavy atom. The Morgan fingerprint density at radius 1 is 1.30 bits per heavy atom. The minimum absolute atomic E-state index is 0.0189. The summed E-state index contributed by atoms with van der Waals surface area (Å²) >= 11 is 1.32. The van der Waals surface area contributed by atoms with Crippen LogP contribution in [0.1, 0.15) is 41.9 Å². The molecular formula is C22H21F3N4O3S. The number of rotatable bonds is 6. The zero-order valence-corrected chi connectivity index (χ0v) is 18.4. The highest BCUT2D eigenvalue weighted by molar-refractivity contribution is 7.15. The predicted octanol–water partition coefficient (Wildman–Crippen LogP) is 5.13. The SMILES string of the molecule is Cc1cc(Nc2nccc(C(F)(F)F)n2)cc(-c2cnc([C@@]3(O)CC[C@@H](CC(=O)O)C3)s2)c1. The van der Waals surface area contributed by atoms with E-state index >= 15 is 0 Å². The van der Waals surface area contributed by atoms with Crippen molar-refractivity contribution in [2.45, 2.75) is 44.4 Å². The maximum Gasteiger partial charge on any atom is 0.433 e. The van der Waals surface area contributed by atoms with Gasteiger partial charge in [-0.1, -0.05) is 6.07 Å². The van der Waals surface area contributed by atoms with Crippen molar-refractivity contribution in [2.24, 2.45) is 5.92 Å². The van der Waals surface area contributed by atoms with Gasteiger partial charge in [0.1, 0.15) is 16.3 Å². The van der Waals surface area contributed by atoms with Crippen molar-refractivity contribution in [3.8, 4) is 10.4 Å². The number of thiazole rings is 1. The van der Waals surface area contributed by atoms with Crippen molar-refractivity contribution in [3.05, 3.63) is 52.9 Å². The number of nitrogens with one attached hydrogen (secondary N) is 1. The number of aliphatic hydroxyl groups is 1. The van der Waals surface area contributed by atoms with Gasteiger partial charge in [-0.3, -0.25) is 4.79 Å². The molecule has 2 aromatic heterocycles. The molecular weight excluding hydrogens is 457 g/mol. The third-order valence-electron chi connectivity index (χ3n) is 5.52. The van der Waals surface area contributed by atoms with E-state index in [-0.39, 0.29) is 18.3 Å². The molecule has 0 amide bonds. The van der Waals surface area contributed by atoms with Gasteiger partial charge in [-0.15, -0.1) is 11.3 Å². The lowest BCUT2D eigenvalue weighted by molar-refractivity contribution is -0.141. The molecule has 1 aliphatic carbocycles. The lowest BCUT2D eigenvalue weighted by Gasteiger charge is -2.19. The van der Waals surface area contributed by atoms with E-state index in [4.69, 9.17) is 5.11 Å². The number of benzene rings is 1. The summed E-state index contributed by atoms with van der Waals surface area (Å²) in [6, 6.07) is 6.22. The Balaban J connectivity index is 1.56. The van der Waals surface area contributed by atoms with E-state index in [9.17, 15) is 23.1 Å². The minimum Gasteiger partial charge on any atom is -0.481 e. The van der Waals surface area contributed by atoms with Crippen molar-refractivity contribution in [1.29, 1.82) is 0 Å². The second-order valence-corrected chi connectivity index (χ2v) is 9.27. The topological polar surface area (TPSA) is 108 Å². The van der Waals surface area contributed by atoms with E-state index in [1.807, 2.05) is 13.0 Å². The van der Waals surface area contributed by atoms with Crippen LogP contribution in [0.3, 0.4) is 0 Å². The van der Waals surface area contributed by atoms with Crippen molar-refractivity contribution in [2.75, 3.05) is 5.32 Å². The number of carboxylic acids is 1. The minimum atomic E-state index is -4.57. The molecule has 0 radical (unpaired) electrons. The van der Waals surface area contributed by atoms with Crippen LogP contribution in [-0.4, -0.2) is 31.1 Å². The molecule has 1 saturated carbocycles. The molecule has 0 unspecified atom stereocenters. The first-order valence-electron chi connectivity index (χ1n) is 10.2. The molecule has 3 aromatic rings. The van der Waals surface area contributed by atoms with Crippen LogP contribution in [0.4, 0.5) is 24.8 Å². The van der Waals surface area contributed by atoms with Crippen LogP contribution in [0.5, 0.6) is 0 Å². The number of carbonyl (C=O) groups is 1. The molecule has 0 saturated heterocycles. The quantitative estimate of drug-likeness (QED) is 0.451. The number of aliphatic carboxylic acids is 1. The Labute approximate surface area is 191 Å². The number of hydrogen-bond acceptors (Lipinski definition) is 7. The second-order valence-electron chi connectivity index (χ2n) is 8.24. The smallest absolute Gasteiger partial charge is 0.433 e. The summed E-state index contributed by atoms with van der Waals surface area (Å²) in [7, 11) is 0. The largest absolute Gasteiger partial charge is 0.481 e. The van der Waals surface area contributed by atoms with E-state index in [1.165, 1.54) is 11.3 Å². The number of alkyl halides is 3. The van der Waals surface area contributed by atoms with Crippen molar-refractivity contribution < 1.29 is 28.2 Å². The number of carboxylic acid groups (broad SMARTS) is 1. The summed E-state index contributed by atoms with van der Waals surface area (Å²) < 4.78 is 38.8. The van der Waals surface area contributed by atoms with Gasteiger partial charge in [0, 0.05) is 24.5 Å². The molecule has 3 N–H and O–H groups in total. The van der Waals surface area contributed by atoms with Gasteiger partial charge in [0.05, 0.1) is 4.88 Å². The average molecular weight is 478 g/mol. The average Bonchev–Trinajstić information content (AvgIpc) is 3.35. The summed E-state index contributed by atoms with van der Waals surface area (Å²) in [6.07, 6.45) is -0.449. The zero-order valence-electron chi connectivity index (χ0n) is 17.6. The molecule has 174 valence electrons. The van der Waals surface area contributed by atoms with Gasteiger partial charge in [-0.25, -0.2) is 15.0 Å². The van der Waals surface area contributed by atoms with Crippen molar-refractivity contribution in [1.82, 2.24) is 15.0 Å². The number of anilines is 2. The Hall–Kier alpha value is -3.05. The monoisotopic (exact) mass is 478 g/mol. The van der Waals surface area contributed by atoms with Gasteiger partial charge >= 0.3 is 12.1 Å². The van der Waals surface area contributed by atoms with E-state index in [0.29, 0.717) is 30.0 Å². The van der Waals surface area contributed by atoms with Crippen LogP contribution in [0.25, 0.3) is 10.4 Å². The number of halogens is 3. The third kappa shape index (κ3) is 5.31. The van der Waals surface area contributed by atoms with Gasteiger partial charge in [0.25, 0.3) is 0 Å². The summed E-state index contributed by atoms with van der Waals surface area (Å²) in [4.78, 5) is 23.6. The number of nitrogens with zero attached hydrogens (tertiary/aromatic N) is 3. The maximum atomic E-state index is 12.9. The summed E-state index contributed by atoms with van der Waals surface area (Å²) in [6.45, 7) is 1.85. The Bertz CT molecular complexity index is 1180. The second kappa shape index (κ2) is 8.71. The number of aryl methyl sites for hydroxylation is 1. The summed E-state index contributed by atoms with van der Waals surface area (Å²) in [5.41, 5.74) is -0.0407. The molecule has 0 bridgehead atoms. The van der Waals surface area contributed by atoms with Gasteiger partial charge < -0.3 is 15.5 Å². The fraction of sp³-hybridized carbons (Fsp3) is 0.364. The first-order valence-corrected chi connectivity index (χ1v) is 11.0. The van der Waals surface area contributed by atoms with E-state index < -0.39 is 23.4 Å². The molecule has 1 aromatic carbocycles.